The molecule has 0 saturated carbocycles. The molecule has 0 aliphatic heterocycles. The molecule has 2 amide bonds. The van der Waals surface area contributed by atoms with Gasteiger partial charge in [0.1, 0.15) is 6.04 Å². The molecular weight excluding hydrogens is 438 g/mol. The summed E-state index contributed by atoms with van der Waals surface area (Å²) in [5.74, 6) is -1.02. The first-order chi connectivity index (χ1) is 16.9. The Labute approximate surface area is 206 Å². The number of benzene rings is 3. The van der Waals surface area contributed by atoms with Crippen molar-refractivity contribution in [3.63, 3.8) is 0 Å². The van der Waals surface area contributed by atoms with E-state index in [1.807, 2.05) is 91.9 Å². The van der Waals surface area contributed by atoms with Crippen molar-refractivity contribution in [3.8, 4) is 0 Å². The third-order valence-electron chi connectivity index (χ3n) is 5.69. The van der Waals surface area contributed by atoms with E-state index in [1.165, 1.54) is 0 Å². The van der Waals surface area contributed by atoms with Gasteiger partial charge in [-0.25, -0.2) is 0 Å². The Balaban J connectivity index is 1.76. The van der Waals surface area contributed by atoms with Crippen molar-refractivity contribution in [1.29, 1.82) is 0 Å². The summed E-state index contributed by atoms with van der Waals surface area (Å²) in [4.78, 5) is 30.7. The minimum absolute atomic E-state index is 0.00243. The molecule has 0 fully saturated rings. The third-order valence-corrected chi connectivity index (χ3v) is 5.69. The van der Waals surface area contributed by atoms with Crippen molar-refractivity contribution in [2.24, 2.45) is 16.5 Å². The fraction of sp³-hybridized carbons (Fsp3) is 0.250. The number of carbonyl (C=O) groups is 2. The van der Waals surface area contributed by atoms with E-state index < -0.39 is 12.0 Å². The molecule has 6 N–H and O–H groups in total. The Hall–Kier alpha value is -4.13. The zero-order valence-electron chi connectivity index (χ0n) is 20.0. The average Bonchev–Trinajstić information content (AvgIpc) is 2.86. The average molecular weight is 472 g/mol. The number of nitrogens with zero attached hydrogens (tertiary/aromatic N) is 1. The van der Waals surface area contributed by atoms with E-state index in [0.29, 0.717) is 25.9 Å². The molecule has 3 rings (SSSR count). The first-order valence-electron chi connectivity index (χ1n) is 11.7. The fourth-order valence-electron chi connectivity index (χ4n) is 3.83. The highest BCUT2D eigenvalue weighted by atomic mass is 16.2. The highest BCUT2D eigenvalue weighted by Crippen LogP contribution is 2.25. The molecule has 0 spiro atoms. The monoisotopic (exact) mass is 471 g/mol. The molecule has 0 unspecified atom stereocenters. The molecule has 35 heavy (non-hydrogen) atoms. The minimum atomic E-state index is -0.725. The van der Waals surface area contributed by atoms with Crippen LogP contribution in [-0.4, -0.2) is 30.4 Å². The molecule has 7 heteroatoms. The van der Waals surface area contributed by atoms with Crippen LogP contribution in [0.25, 0.3) is 0 Å². The van der Waals surface area contributed by atoms with Crippen LogP contribution >= 0.6 is 0 Å². The molecule has 3 aromatic carbocycles. The van der Waals surface area contributed by atoms with E-state index in [2.05, 4.69) is 15.6 Å². The summed E-state index contributed by atoms with van der Waals surface area (Å²) in [6, 6.07) is 26.3. The molecule has 0 aliphatic carbocycles. The summed E-state index contributed by atoms with van der Waals surface area (Å²) in [6.45, 7) is 2.77. The molecule has 0 aromatic heterocycles. The number of rotatable bonds is 11. The van der Waals surface area contributed by atoms with Crippen molar-refractivity contribution >= 4 is 17.8 Å². The molecule has 1 atom stereocenters. The van der Waals surface area contributed by atoms with E-state index in [0.717, 1.165) is 22.3 Å². The van der Waals surface area contributed by atoms with Gasteiger partial charge in [0.25, 0.3) is 0 Å². The maximum atomic E-state index is 13.6. The number of guanidine groups is 1. The van der Waals surface area contributed by atoms with E-state index in [1.54, 1.807) is 0 Å². The van der Waals surface area contributed by atoms with Gasteiger partial charge in [0, 0.05) is 13.1 Å². The lowest BCUT2D eigenvalue weighted by Gasteiger charge is -2.23. The van der Waals surface area contributed by atoms with Gasteiger partial charge >= 0.3 is 0 Å². The van der Waals surface area contributed by atoms with Crippen LogP contribution in [0.2, 0.25) is 0 Å². The quantitative estimate of drug-likeness (QED) is 0.195. The Kier molecular flexibility index (Phi) is 9.42. The Bertz CT molecular complexity index is 1070. The van der Waals surface area contributed by atoms with Crippen LogP contribution in [0.4, 0.5) is 0 Å². The molecule has 0 bridgehead atoms. The summed E-state index contributed by atoms with van der Waals surface area (Å²) >= 11 is 0. The maximum absolute atomic E-state index is 13.6. The predicted molar refractivity (Wildman–Crippen MR) is 140 cm³/mol. The molecule has 182 valence electrons. The van der Waals surface area contributed by atoms with Gasteiger partial charge in [0.2, 0.25) is 11.8 Å². The van der Waals surface area contributed by atoms with Crippen LogP contribution in [0.1, 0.15) is 41.0 Å². The molecule has 0 saturated heterocycles. The van der Waals surface area contributed by atoms with Crippen molar-refractivity contribution in [2.75, 3.05) is 6.54 Å². The number of hydrogen-bond acceptors (Lipinski definition) is 3. The van der Waals surface area contributed by atoms with Gasteiger partial charge < -0.3 is 22.1 Å². The highest BCUT2D eigenvalue weighted by molar-refractivity contribution is 5.92. The van der Waals surface area contributed by atoms with Crippen LogP contribution in [-0.2, 0) is 16.1 Å². The number of aliphatic imine (C=N–C) groups is 1. The second-order valence-electron chi connectivity index (χ2n) is 8.47. The number of carbonyl (C=O) groups excluding carboxylic acids is 2. The Morgan fingerprint density at radius 2 is 1.40 bits per heavy atom. The van der Waals surface area contributed by atoms with Gasteiger partial charge in [-0.2, -0.15) is 0 Å². The molecule has 7 nitrogen and oxygen atoms in total. The second kappa shape index (κ2) is 12.9. The van der Waals surface area contributed by atoms with Crippen molar-refractivity contribution < 1.29 is 9.59 Å². The number of aryl methyl sites for hydroxylation is 1. The number of hydrogen-bond donors (Lipinski definition) is 4. The Morgan fingerprint density at radius 3 is 1.94 bits per heavy atom. The highest BCUT2D eigenvalue weighted by Gasteiger charge is 2.27. The maximum Gasteiger partial charge on any atom is 0.242 e. The van der Waals surface area contributed by atoms with Crippen molar-refractivity contribution in [3.05, 3.63) is 107 Å². The largest absolute Gasteiger partial charge is 0.370 e. The summed E-state index contributed by atoms with van der Waals surface area (Å²) in [6.07, 6.45) is 0.945. The summed E-state index contributed by atoms with van der Waals surface area (Å²) in [7, 11) is 0. The topological polar surface area (TPSA) is 123 Å². The van der Waals surface area contributed by atoms with Gasteiger partial charge in [-0.3, -0.25) is 14.6 Å². The number of amides is 2. The normalized spacial score (nSPS) is 11.5. The molecule has 3 aromatic rings. The standard InChI is InChI=1S/C28H33N5O2/c1-20-14-16-21(17-15-20)19-32-26(34)24(13-8-18-31-28(29)30)33-27(35)25(22-9-4-2-5-10-22)23-11-6-3-7-12-23/h2-7,9-12,14-17,24-25H,8,13,18-19H2,1H3,(H,32,34)(H,33,35)(H4,29,30,31)/t24-/m1/s1. The summed E-state index contributed by atoms with van der Waals surface area (Å²) < 4.78 is 0. The smallest absolute Gasteiger partial charge is 0.242 e. The zero-order chi connectivity index (χ0) is 25.0. The van der Waals surface area contributed by atoms with Crippen LogP contribution in [0.3, 0.4) is 0 Å². The fourth-order valence-corrected chi connectivity index (χ4v) is 3.83. The zero-order valence-corrected chi connectivity index (χ0v) is 20.0. The molecular formula is C28H33N5O2. The van der Waals surface area contributed by atoms with E-state index in [4.69, 9.17) is 11.5 Å². The second-order valence-corrected chi connectivity index (χ2v) is 8.47. The number of nitrogens with two attached hydrogens (primary N) is 2. The lowest BCUT2D eigenvalue weighted by atomic mass is 9.90. The summed E-state index contributed by atoms with van der Waals surface area (Å²) in [5, 5.41) is 5.94. The summed E-state index contributed by atoms with van der Waals surface area (Å²) in [5.41, 5.74) is 14.7. The first kappa shape index (κ1) is 25.5. The van der Waals surface area contributed by atoms with Crippen molar-refractivity contribution in [1.82, 2.24) is 10.6 Å². The molecule has 0 radical (unpaired) electrons. The van der Waals surface area contributed by atoms with Gasteiger partial charge in [-0.05, 0) is 36.5 Å². The lowest BCUT2D eigenvalue weighted by Crippen LogP contribution is -2.48. The van der Waals surface area contributed by atoms with Gasteiger partial charge in [0.05, 0.1) is 5.92 Å². The van der Waals surface area contributed by atoms with Gasteiger partial charge in [-0.1, -0.05) is 90.5 Å². The van der Waals surface area contributed by atoms with Crippen LogP contribution in [0.5, 0.6) is 0 Å². The van der Waals surface area contributed by atoms with Gasteiger partial charge in [0.15, 0.2) is 5.96 Å². The molecule has 0 aliphatic rings. The van der Waals surface area contributed by atoms with Crippen LogP contribution in [0.15, 0.2) is 89.9 Å². The third kappa shape index (κ3) is 7.99. The Morgan fingerprint density at radius 1 is 0.829 bits per heavy atom. The van der Waals surface area contributed by atoms with Crippen LogP contribution in [0, 0.1) is 6.92 Å². The number of nitrogens with one attached hydrogen (secondary N) is 2. The van der Waals surface area contributed by atoms with Gasteiger partial charge in [-0.15, -0.1) is 0 Å². The van der Waals surface area contributed by atoms with Crippen molar-refractivity contribution in [2.45, 2.75) is 38.3 Å². The first-order valence-corrected chi connectivity index (χ1v) is 11.7. The van der Waals surface area contributed by atoms with Crippen LogP contribution < -0.4 is 22.1 Å². The minimum Gasteiger partial charge on any atom is -0.370 e. The van der Waals surface area contributed by atoms with E-state index in [-0.39, 0.29) is 17.8 Å². The molecule has 0 heterocycles. The predicted octanol–water partition coefficient (Wildman–Crippen LogP) is 2.98. The van der Waals surface area contributed by atoms with E-state index >= 15 is 0 Å². The SMILES string of the molecule is Cc1ccc(CNC(=O)[C@@H](CCCN=C(N)N)NC(=O)C(c2ccccc2)c2ccccc2)cc1. The lowest BCUT2D eigenvalue weighted by molar-refractivity contribution is -0.129. The van der Waals surface area contributed by atoms with E-state index in [9.17, 15) is 9.59 Å².